The van der Waals surface area contributed by atoms with Gasteiger partial charge < -0.3 is 16.4 Å². The zero-order valence-corrected chi connectivity index (χ0v) is 10.7. The number of hydrogen-bond donors (Lipinski definition) is 3. The smallest absolute Gasteiger partial charge is 0.240 e. The summed E-state index contributed by atoms with van der Waals surface area (Å²) < 4.78 is 13.5. The Kier molecular flexibility index (Phi) is 4.82. The molecule has 7 heteroatoms. The second-order valence-corrected chi connectivity index (χ2v) is 4.19. The molecular formula is C11H18FN5O. The predicted octanol–water partition coefficient (Wildman–Crippen LogP) is 0.969. The third-order valence-electron chi connectivity index (χ3n) is 2.34. The Morgan fingerprint density at radius 3 is 2.72 bits per heavy atom. The van der Waals surface area contributed by atoms with Gasteiger partial charge in [0.2, 0.25) is 11.9 Å². The molecular weight excluding hydrogens is 237 g/mol. The van der Waals surface area contributed by atoms with Crippen LogP contribution in [0.1, 0.15) is 20.8 Å². The van der Waals surface area contributed by atoms with E-state index in [2.05, 4.69) is 20.6 Å². The predicted molar refractivity (Wildman–Crippen MR) is 67.6 cm³/mol. The zero-order chi connectivity index (χ0) is 13.7. The maximum absolute atomic E-state index is 13.5. The number of primary amides is 1. The van der Waals surface area contributed by atoms with Crippen LogP contribution < -0.4 is 16.4 Å². The first-order valence-corrected chi connectivity index (χ1v) is 5.78. The fourth-order valence-corrected chi connectivity index (χ4v) is 1.43. The lowest BCUT2D eigenvalue weighted by Crippen LogP contribution is -2.40. The van der Waals surface area contributed by atoms with Crippen LogP contribution in [0.5, 0.6) is 0 Å². The molecule has 100 valence electrons. The van der Waals surface area contributed by atoms with Crippen molar-refractivity contribution < 1.29 is 9.18 Å². The van der Waals surface area contributed by atoms with Crippen molar-refractivity contribution in [1.29, 1.82) is 0 Å². The molecule has 0 saturated heterocycles. The van der Waals surface area contributed by atoms with Gasteiger partial charge in [0.1, 0.15) is 6.04 Å². The molecule has 4 N–H and O–H groups in total. The summed E-state index contributed by atoms with van der Waals surface area (Å²) in [5.41, 5.74) is 5.25. The van der Waals surface area contributed by atoms with Gasteiger partial charge in [-0.1, -0.05) is 13.8 Å². The second kappa shape index (κ2) is 6.13. The number of carbonyl (C=O) groups is 1. The highest BCUT2D eigenvalue weighted by atomic mass is 19.1. The number of nitrogens with zero attached hydrogens (tertiary/aromatic N) is 2. The molecule has 0 aliphatic rings. The molecule has 6 nitrogen and oxygen atoms in total. The molecule has 1 rings (SSSR count). The van der Waals surface area contributed by atoms with Crippen LogP contribution in [0.15, 0.2) is 6.20 Å². The lowest BCUT2D eigenvalue weighted by atomic mass is 10.0. The van der Waals surface area contributed by atoms with E-state index >= 15 is 0 Å². The summed E-state index contributed by atoms with van der Waals surface area (Å²) >= 11 is 0. The average molecular weight is 255 g/mol. The molecule has 1 aromatic heterocycles. The third-order valence-corrected chi connectivity index (χ3v) is 2.34. The summed E-state index contributed by atoms with van der Waals surface area (Å²) in [6.45, 7) is 6.12. The van der Waals surface area contributed by atoms with E-state index in [4.69, 9.17) is 5.73 Å². The topological polar surface area (TPSA) is 92.9 Å². The number of nitrogens with two attached hydrogens (primary N) is 1. The van der Waals surface area contributed by atoms with E-state index in [1.807, 2.05) is 20.8 Å². The number of hydrogen-bond acceptors (Lipinski definition) is 5. The molecule has 0 spiro atoms. The number of carbonyl (C=O) groups excluding carboxylic acids is 1. The Hall–Kier alpha value is -1.92. The molecule has 18 heavy (non-hydrogen) atoms. The lowest BCUT2D eigenvalue weighted by Gasteiger charge is -2.19. The average Bonchev–Trinajstić information content (AvgIpc) is 2.29. The van der Waals surface area contributed by atoms with Crippen molar-refractivity contribution in [2.24, 2.45) is 11.7 Å². The molecule has 1 heterocycles. The molecule has 1 unspecified atom stereocenters. The Balaban J connectivity index is 2.94. The van der Waals surface area contributed by atoms with E-state index in [0.29, 0.717) is 12.5 Å². The monoisotopic (exact) mass is 255 g/mol. The van der Waals surface area contributed by atoms with Crippen LogP contribution in [0.4, 0.5) is 16.2 Å². The normalized spacial score (nSPS) is 12.3. The van der Waals surface area contributed by atoms with Gasteiger partial charge in [-0.05, 0) is 12.8 Å². The third kappa shape index (κ3) is 3.54. The summed E-state index contributed by atoms with van der Waals surface area (Å²) in [6, 6.07) is -0.677. The molecule has 0 radical (unpaired) electrons. The van der Waals surface area contributed by atoms with E-state index in [0.717, 1.165) is 6.20 Å². The minimum absolute atomic E-state index is 0.0292. The highest BCUT2D eigenvalue weighted by Gasteiger charge is 2.21. The van der Waals surface area contributed by atoms with Crippen LogP contribution in [0.25, 0.3) is 0 Å². The fourth-order valence-electron chi connectivity index (χ4n) is 1.43. The number of nitrogens with one attached hydrogen (secondary N) is 2. The van der Waals surface area contributed by atoms with Crippen LogP contribution in [0, 0.1) is 11.7 Å². The first-order chi connectivity index (χ1) is 8.45. The number of aromatic nitrogens is 2. The highest BCUT2D eigenvalue weighted by molar-refractivity contribution is 5.83. The van der Waals surface area contributed by atoms with Crippen LogP contribution in [0.3, 0.4) is 0 Å². The van der Waals surface area contributed by atoms with Gasteiger partial charge in [-0.25, -0.2) is 9.37 Å². The standard InChI is InChI=1S/C11H18FN5O/c1-4-14-11-15-5-7(12)10(17-11)16-8(6(2)3)9(13)18/h5-6,8H,4H2,1-3H3,(H2,13,18)(H2,14,15,16,17). The van der Waals surface area contributed by atoms with Gasteiger partial charge in [0.05, 0.1) is 6.20 Å². The van der Waals surface area contributed by atoms with Gasteiger partial charge in [0.25, 0.3) is 0 Å². The molecule has 1 atom stereocenters. The minimum atomic E-state index is -0.677. The number of anilines is 2. The minimum Gasteiger partial charge on any atom is -0.368 e. The Labute approximate surface area is 105 Å². The maximum Gasteiger partial charge on any atom is 0.240 e. The Bertz CT molecular complexity index is 424. The summed E-state index contributed by atoms with van der Waals surface area (Å²) in [5.74, 6) is -0.970. The summed E-state index contributed by atoms with van der Waals surface area (Å²) in [4.78, 5) is 19.0. The van der Waals surface area contributed by atoms with Crippen molar-refractivity contribution in [3.05, 3.63) is 12.0 Å². The van der Waals surface area contributed by atoms with Crippen LogP contribution >= 0.6 is 0 Å². The number of rotatable bonds is 6. The van der Waals surface area contributed by atoms with E-state index in [1.54, 1.807) is 0 Å². The molecule has 0 fully saturated rings. The molecule has 1 amide bonds. The van der Waals surface area contributed by atoms with E-state index in [-0.39, 0.29) is 11.7 Å². The van der Waals surface area contributed by atoms with Crippen LogP contribution in [-0.2, 0) is 4.79 Å². The van der Waals surface area contributed by atoms with Crippen molar-refractivity contribution in [1.82, 2.24) is 9.97 Å². The summed E-state index contributed by atoms with van der Waals surface area (Å²) in [5, 5.41) is 5.57. The van der Waals surface area contributed by atoms with Gasteiger partial charge in [-0.3, -0.25) is 4.79 Å². The van der Waals surface area contributed by atoms with Gasteiger partial charge in [-0.2, -0.15) is 4.98 Å². The number of halogens is 1. The van der Waals surface area contributed by atoms with Crippen molar-refractivity contribution in [3.63, 3.8) is 0 Å². The molecule has 0 bridgehead atoms. The first kappa shape index (κ1) is 14.1. The maximum atomic E-state index is 13.5. The van der Waals surface area contributed by atoms with Gasteiger partial charge >= 0.3 is 0 Å². The van der Waals surface area contributed by atoms with Gasteiger partial charge in [-0.15, -0.1) is 0 Å². The van der Waals surface area contributed by atoms with E-state index < -0.39 is 17.8 Å². The SMILES string of the molecule is CCNc1ncc(F)c(NC(C(N)=O)C(C)C)n1. The highest BCUT2D eigenvalue weighted by Crippen LogP contribution is 2.15. The largest absolute Gasteiger partial charge is 0.368 e. The second-order valence-electron chi connectivity index (χ2n) is 4.19. The molecule has 0 aliphatic heterocycles. The quantitative estimate of drug-likeness (QED) is 0.704. The zero-order valence-electron chi connectivity index (χ0n) is 10.7. The van der Waals surface area contributed by atoms with E-state index in [9.17, 15) is 9.18 Å². The first-order valence-electron chi connectivity index (χ1n) is 5.78. The number of amides is 1. The van der Waals surface area contributed by atoms with Crippen LogP contribution in [0.2, 0.25) is 0 Å². The van der Waals surface area contributed by atoms with Gasteiger partial charge in [0, 0.05) is 6.54 Å². The summed E-state index contributed by atoms with van der Waals surface area (Å²) in [6.07, 6.45) is 1.05. The molecule has 0 aliphatic carbocycles. The van der Waals surface area contributed by atoms with Crippen LogP contribution in [-0.4, -0.2) is 28.5 Å². The van der Waals surface area contributed by atoms with Crippen molar-refractivity contribution >= 4 is 17.7 Å². The summed E-state index contributed by atoms with van der Waals surface area (Å²) in [7, 11) is 0. The fraction of sp³-hybridized carbons (Fsp3) is 0.545. The van der Waals surface area contributed by atoms with E-state index in [1.165, 1.54) is 0 Å². The van der Waals surface area contributed by atoms with Crippen molar-refractivity contribution in [2.75, 3.05) is 17.2 Å². The Morgan fingerprint density at radius 1 is 1.56 bits per heavy atom. The lowest BCUT2D eigenvalue weighted by molar-refractivity contribution is -0.119. The molecule has 0 aromatic carbocycles. The Morgan fingerprint density at radius 2 is 2.22 bits per heavy atom. The van der Waals surface area contributed by atoms with Crippen molar-refractivity contribution in [3.8, 4) is 0 Å². The van der Waals surface area contributed by atoms with Gasteiger partial charge in [0.15, 0.2) is 11.6 Å². The van der Waals surface area contributed by atoms with Crippen molar-refractivity contribution in [2.45, 2.75) is 26.8 Å². The molecule has 0 saturated carbocycles. The molecule has 1 aromatic rings.